The van der Waals surface area contributed by atoms with E-state index >= 15 is 0 Å². The van der Waals surface area contributed by atoms with E-state index in [9.17, 15) is 4.79 Å². The molecular formula is C16H24N2O3. The molecule has 1 aliphatic heterocycles. The minimum atomic E-state index is 0.0163. The number of likely N-dealkylation sites (N-methyl/N-ethyl adjacent to an activating group) is 1. The van der Waals surface area contributed by atoms with Crippen molar-refractivity contribution >= 4 is 5.91 Å². The van der Waals surface area contributed by atoms with Crippen LogP contribution in [0.15, 0.2) is 18.2 Å². The summed E-state index contributed by atoms with van der Waals surface area (Å²) in [5.74, 6) is 1.72. The second-order valence-electron chi connectivity index (χ2n) is 5.85. The molecule has 0 saturated heterocycles. The molecule has 116 valence electrons. The number of hydrogen-bond donors (Lipinski definition) is 1. The number of rotatable bonds is 6. The van der Waals surface area contributed by atoms with Crippen LogP contribution in [0.5, 0.6) is 11.5 Å². The van der Waals surface area contributed by atoms with Crippen molar-refractivity contribution in [1.82, 2.24) is 10.2 Å². The van der Waals surface area contributed by atoms with Crippen LogP contribution in [0.2, 0.25) is 0 Å². The molecule has 2 rings (SSSR count). The number of nitrogens with zero attached hydrogens (tertiary/aromatic N) is 1. The molecule has 1 heterocycles. The van der Waals surface area contributed by atoms with Crippen LogP contribution in [0, 0.1) is 5.92 Å². The Labute approximate surface area is 126 Å². The Balaban J connectivity index is 1.85. The van der Waals surface area contributed by atoms with Gasteiger partial charge in [-0.05, 0) is 38.1 Å². The highest BCUT2D eigenvalue weighted by molar-refractivity contribution is 5.77. The Morgan fingerprint density at radius 3 is 2.71 bits per heavy atom. The molecule has 0 bridgehead atoms. The van der Waals surface area contributed by atoms with Crippen LogP contribution < -0.4 is 14.8 Å². The van der Waals surface area contributed by atoms with Gasteiger partial charge in [0.25, 0.3) is 0 Å². The molecule has 0 aromatic heterocycles. The van der Waals surface area contributed by atoms with Gasteiger partial charge in [0, 0.05) is 12.0 Å². The van der Waals surface area contributed by atoms with Crippen molar-refractivity contribution in [2.75, 3.05) is 20.5 Å². The van der Waals surface area contributed by atoms with Crippen molar-refractivity contribution in [1.29, 1.82) is 0 Å². The number of amides is 1. The number of ether oxygens (including phenoxy) is 2. The molecule has 1 aromatic carbocycles. The molecule has 1 aromatic rings. The van der Waals surface area contributed by atoms with Gasteiger partial charge >= 0.3 is 0 Å². The van der Waals surface area contributed by atoms with E-state index < -0.39 is 0 Å². The van der Waals surface area contributed by atoms with Gasteiger partial charge in [0.15, 0.2) is 11.5 Å². The zero-order valence-corrected chi connectivity index (χ0v) is 13.2. The van der Waals surface area contributed by atoms with Crippen LogP contribution in [-0.2, 0) is 11.2 Å². The smallest absolute Gasteiger partial charge is 0.231 e. The lowest BCUT2D eigenvalue weighted by Crippen LogP contribution is -2.42. The lowest BCUT2D eigenvalue weighted by Gasteiger charge is -2.25. The average Bonchev–Trinajstić information content (AvgIpc) is 2.91. The fourth-order valence-corrected chi connectivity index (χ4v) is 2.13. The maximum atomic E-state index is 11.6. The molecule has 21 heavy (non-hydrogen) atoms. The molecule has 1 unspecified atom stereocenters. The fourth-order valence-electron chi connectivity index (χ4n) is 2.13. The minimum Gasteiger partial charge on any atom is -0.454 e. The Kier molecular flexibility index (Phi) is 5.07. The van der Waals surface area contributed by atoms with Crippen molar-refractivity contribution in [2.24, 2.45) is 5.92 Å². The summed E-state index contributed by atoms with van der Waals surface area (Å²) in [5.41, 5.74) is 1.20. The quantitative estimate of drug-likeness (QED) is 0.815. The highest BCUT2D eigenvalue weighted by Crippen LogP contribution is 2.32. The number of carbonyl (C=O) groups is 1. The molecule has 5 nitrogen and oxygen atoms in total. The van der Waals surface area contributed by atoms with Gasteiger partial charge in [-0.1, -0.05) is 19.9 Å². The first kappa shape index (κ1) is 15.6. The van der Waals surface area contributed by atoms with Crippen molar-refractivity contribution in [3.63, 3.8) is 0 Å². The van der Waals surface area contributed by atoms with Gasteiger partial charge in [0.1, 0.15) is 0 Å². The molecule has 0 aliphatic carbocycles. The van der Waals surface area contributed by atoms with Crippen molar-refractivity contribution in [3.05, 3.63) is 23.8 Å². The number of fused-ring (bicyclic) bond motifs is 1. The third-order valence-corrected chi connectivity index (χ3v) is 3.75. The standard InChI is InChI=1S/C16H24N2O3/c1-11(2)16(19)17-9-18(4)12(3)7-13-5-6-14-15(8-13)21-10-20-14/h5-6,8,11-12H,7,9-10H2,1-4H3,(H,17,19). The summed E-state index contributed by atoms with van der Waals surface area (Å²) >= 11 is 0. The zero-order chi connectivity index (χ0) is 15.4. The first-order valence-electron chi connectivity index (χ1n) is 7.34. The second kappa shape index (κ2) is 6.80. The molecule has 1 atom stereocenters. The van der Waals surface area contributed by atoms with Crippen LogP contribution in [-0.4, -0.2) is 37.4 Å². The van der Waals surface area contributed by atoms with E-state index in [0.717, 1.165) is 17.9 Å². The van der Waals surface area contributed by atoms with Crippen LogP contribution in [0.1, 0.15) is 26.3 Å². The molecule has 5 heteroatoms. The normalized spacial score (nSPS) is 14.6. The molecule has 1 aliphatic rings. The summed E-state index contributed by atoms with van der Waals surface area (Å²) in [6, 6.07) is 6.35. The lowest BCUT2D eigenvalue weighted by molar-refractivity contribution is -0.124. The Morgan fingerprint density at radius 1 is 1.29 bits per heavy atom. The van der Waals surface area contributed by atoms with Gasteiger partial charge in [-0.15, -0.1) is 0 Å². The molecular weight excluding hydrogens is 268 g/mol. The second-order valence-corrected chi connectivity index (χ2v) is 5.85. The maximum Gasteiger partial charge on any atom is 0.231 e. The predicted octanol–water partition coefficient (Wildman–Crippen LogP) is 2.01. The van der Waals surface area contributed by atoms with Gasteiger partial charge in [0.05, 0.1) is 6.67 Å². The number of carbonyl (C=O) groups excluding carboxylic acids is 1. The van der Waals surface area contributed by atoms with Crippen molar-refractivity contribution in [3.8, 4) is 11.5 Å². The van der Waals surface area contributed by atoms with Crippen LogP contribution in [0.4, 0.5) is 0 Å². The number of hydrogen-bond acceptors (Lipinski definition) is 4. The van der Waals surface area contributed by atoms with Crippen molar-refractivity contribution < 1.29 is 14.3 Å². The lowest BCUT2D eigenvalue weighted by atomic mass is 10.1. The third-order valence-electron chi connectivity index (χ3n) is 3.75. The molecule has 1 N–H and O–H groups in total. The first-order chi connectivity index (χ1) is 9.97. The van der Waals surface area contributed by atoms with E-state index in [4.69, 9.17) is 9.47 Å². The van der Waals surface area contributed by atoms with Gasteiger partial charge in [-0.2, -0.15) is 0 Å². The highest BCUT2D eigenvalue weighted by atomic mass is 16.7. The average molecular weight is 292 g/mol. The topological polar surface area (TPSA) is 50.8 Å². The van der Waals surface area contributed by atoms with E-state index in [2.05, 4.69) is 23.2 Å². The van der Waals surface area contributed by atoms with Gasteiger partial charge in [-0.25, -0.2) is 0 Å². The fraction of sp³-hybridized carbons (Fsp3) is 0.562. The largest absolute Gasteiger partial charge is 0.454 e. The predicted molar refractivity (Wildman–Crippen MR) is 81.3 cm³/mol. The zero-order valence-electron chi connectivity index (χ0n) is 13.2. The third kappa shape index (κ3) is 4.11. The monoisotopic (exact) mass is 292 g/mol. The summed E-state index contributed by atoms with van der Waals surface area (Å²) in [4.78, 5) is 13.7. The van der Waals surface area contributed by atoms with Crippen LogP contribution >= 0.6 is 0 Å². The molecule has 0 fully saturated rings. The summed E-state index contributed by atoms with van der Waals surface area (Å²) < 4.78 is 10.7. The Hall–Kier alpha value is -1.75. The summed E-state index contributed by atoms with van der Waals surface area (Å²) in [5, 5.41) is 2.93. The van der Waals surface area contributed by atoms with E-state index in [1.807, 2.05) is 33.0 Å². The molecule has 0 radical (unpaired) electrons. The highest BCUT2D eigenvalue weighted by Gasteiger charge is 2.16. The minimum absolute atomic E-state index is 0.0163. The molecule has 0 saturated carbocycles. The van der Waals surface area contributed by atoms with Gasteiger partial charge in [-0.3, -0.25) is 9.69 Å². The summed E-state index contributed by atoms with van der Waals surface area (Å²) in [6.07, 6.45) is 0.894. The molecule has 0 spiro atoms. The first-order valence-corrected chi connectivity index (χ1v) is 7.34. The van der Waals surface area contributed by atoms with Crippen LogP contribution in [0.25, 0.3) is 0 Å². The van der Waals surface area contributed by atoms with E-state index in [-0.39, 0.29) is 11.8 Å². The van der Waals surface area contributed by atoms with E-state index in [1.54, 1.807) is 0 Å². The van der Waals surface area contributed by atoms with Gasteiger partial charge < -0.3 is 14.8 Å². The van der Waals surface area contributed by atoms with Crippen molar-refractivity contribution in [2.45, 2.75) is 33.2 Å². The van der Waals surface area contributed by atoms with Crippen LogP contribution in [0.3, 0.4) is 0 Å². The SMILES string of the molecule is CC(C)C(=O)NCN(C)C(C)Cc1ccc2c(c1)OCO2. The van der Waals surface area contributed by atoms with E-state index in [0.29, 0.717) is 19.5 Å². The summed E-state index contributed by atoms with van der Waals surface area (Å²) in [6.45, 7) is 6.79. The maximum absolute atomic E-state index is 11.6. The number of nitrogens with one attached hydrogen (secondary N) is 1. The Morgan fingerprint density at radius 2 is 2.00 bits per heavy atom. The van der Waals surface area contributed by atoms with Gasteiger partial charge in [0.2, 0.25) is 12.7 Å². The number of benzene rings is 1. The summed E-state index contributed by atoms with van der Waals surface area (Å²) in [7, 11) is 2.01. The molecule has 1 amide bonds. The Bertz CT molecular complexity index is 502. The van der Waals surface area contributed by atoms with E-state index in [1.165, 1.54) is 5.56 Å².